The molecule has 1 aromatic carbocycles. The molecule has 2 unspecified atom stereocenters. The molecule has 2 atom stereocenters. The van der Waals surface area contributed by atoms with Crippen LogP contribution in [0.25, 0.3) is 0 Å². The van der Waals surface area contributed by atoms with Crippen molar-refractivity contribution in [1.82, 2.24) is 0 Å². The predicted octanol–water partition coefficient (Wildman–Crippen LogP) is 3.77. The van der Waals surface area contributed by atoms with Gasteiger partial charge < -0.3 is 4.74 Å². The van der Waals surface area contributed by atoms with Crippen LogP contribution in [0.4, 0.5) is 0 Å². The molecule has 1 aliphatic carbocycles. The van der Waals surface area contributed by atoms with E-state index >= 15 is 0 Å². The summed E-state index contributed by atoms with van der Waals surface area (Å²) >= 11 is 0. The molecule has 0 aromatic heterocycles. The van der Waals surface area contributed by atoms with Crippen LogP contribution in [0.3, 0.4) is 0 Å². The highest BCUT2D eigenvalue weighted by Gasteiger charge is 2.42. The normalized spacial score (nSPS) is 28.1. The van der Waals surface area contributed by atoms with E-state index < -0.39 is 5.60 Å². The maximum atomic E-state index is 12.7. The average molecular weight is 246 g/mol. The Morgan fingerprint density at radius 2 is 2.22 bits per heavy atom. The second-order valence-corrected chi connectivity index (χ2v) is 5.60. The Bertz CT molecular complexity index is 438. The number of hydrogen-bond acceptors (Lipinski definition) is 2. The Kier molecular flexibility index (Phi) is 3.86. The van der Waals surface area contributed by atoms with Gasteiger partial charge in [0, 0.05) is 12.7 Å². The molecule has 0 heterocycles. The van der Waals surface area contributed by atoms with Crippen molar-refractivity contribution in [2.24, 2.45) is 5.92 Å². The summed E-state index contributed by atoms with van der Waals surface area (Å²) in [6.45, 7) is 4.22. The van der Waals surface area contributed by atoms with Gasteiger partial charge in [0.25, 0.3) is 0 Å². The highest BCUT2D eigenvalue weighted by molar-refractivity contribution is 6.02. The lowest BCUT2D eigenvalue weighted by Crippen LogP contribution is -2.44. The minimum Gasteiger partial charge on any atom is -0.370 e. The number of carbonyl (C=O) groups is 1. The molecular formula is C16H22O2. The van der Waals surface area contributed by atoms with Crippen molar-refractivity contribution in [2.45, 2.75) is 45.1 Å². The zero-order valence-corrected chi connectivity index (χ0v) is 11.5. The molecule has 1 saturated carbocycles. The molecule has 0 aliphatic heterocycles. The number of hydrogen-bond donors (Lipinski definition) is 0. The molecule has 2 nitrogen and oxygen atoms in total. The van der Waals surface area contributed by atoms with Crippen LogP contribution in [0.2, 0.25) is 0 Å². The molecule has 1 fully saturated rings. The van der Waals surface area contributed by atoms with Gasteiger partial charge in [0.05, 0.1) is 0 Å². The van der Waals surface area contributed by atoms with Crippen molar-refractivity contribution in [3.8, 4) is 0 Å². The molecular weight excluding hydrogens is 224 g/mol. The molecule has 0 saturated heterocycles. The topological polar surface area (TPSA) is 26.3 Å². The van der Waals surface area contributed by atoms with Crippen molar-refractivity contribution >= 4 is 5.78 Å². The zero-order valence-electron chi connectivity index (χ0n) is 11.5. The van der Waals surface area contributed by atoms with Crippen molar-refractivity contribution < 1.29 is 9.53 Å². The monoisotopic (exact) mass is 246 g/mol. The van der Waals surface area contributed by atoms with E-state index in [1.165, 1.54) is 6.42 Å². The van der Waals surface area contributed by atoms with Gasteiger partial charge in [-0.15, -0.1) is 0 Å². The lowest BCUT2D eigenvalue weighted by Gasteiger charge is -2.37. The largest absolute Gasteiger partial charge is 0.370 e. The summed E-state index contributed by atoms with van der Waals surface area (Å²) in [5.41, 5.74) is 1.31. The number of ketones is 1. The van der Waals surface area contributed by atoms with Crippen molar-refractivity contribution in [2.75, 3.05) is 7.11 Å². The van der Waals surface area contributed by atoms with Crippen LogP contribution in [0.5, 0.6) is 0 Å². The first-order valence-corrected chi connectivity index (χ1v) is 6.74. The quantitative estimate of drug-likeness (QED) is 0.759. The maximum absolute atomic E-state index is 12.7. The third-order valence-corrected chi connectivity index (χ3v) is 4.04. The van der Waals surface area contributed by atoms with Crippen LogP contribution in [-0.2, 0) is 4.74 Å². The molecule has 18 heavy (non-hydrogen) atoms. The number of ether oxygens (including phenoxy) is 1. The average Bonchev–Trinajstić information content (AvgIpc) is 2.37. The fourth-order valence-corrected chi connectivity index (χ4v) is 3.04. The summed E-state index contributed by atoms with van der Waals surface area (Å²) in [6, 6.07) is 7.82. The van der Waals surface area contributed by atoms with E-state index in [4.69, 9.17) is 4.74 Å². The standard InChI is InChI=1S/C16H22O2/c1-12-6-4-8-14(10-12)15(17)16(18-3)9-5-7-13(2)11-16/h4,6,8,10,13H,5,7,9,11H2,1-3H3. The first kappa shape index (κ1) is 13.3. The Morgan fingerprint density at radius 3 is 2.83 bits per heavy atom. The Hall–Kier alpha value is -1.15. The predicted molar refractivity (Wildman–Crippen MR) is 72.9 cm³/mol. The SMILES string of the molecule is COC1(C(=O)c2cccc(C)c2)CCCC(C)C1. The van der Waals surface area contributed by atoms with Crippen molar-refractivity contribution in [3.05, 3.63) is 35.4 Å². The van der Waals surface area contributed by atoms with E-state index in [0.29, 0.717) is 5.92 Å². The first-order chi connectivity index (χ1) is 8.57. The minimum absolute atomic E-state index is 0.153. The summed E-state index contributed by atoms with van der Waals surface area (Å²) in [7, 11) is 1.67. The zero-order chi connectivity index (χ0) is 13.2. The summed E-state index contributed by atoms with van der Waals surface area (Å²) < 4.78 is 5.66. The minimum atomic E-state index is -0.592. The summed E-state index contributed by atoms with van der Waals surface area (Å²) in [5, 5.41) is 0. The molecule has 98 valence electrons. The molecule has 0 N–H and O–H groups in total. The second kappa shape index (κ2) is 5.23. The Morgan fingerprint density at radius 1 is 1.44 bits per heavy atom. The summed E-state index contributed by atoms with van der Waals surface area (Å²) in [5.74, 6) is 0.715. The van der Waals surface area contributed by atoms with Gasteiger partial charge in [-0.1, -0.05) is 37.1 Å². The fourth-order valence-electron chi connectivity index (χ4n) is 3.04. The van der Waals surface area contributed by atoms with Gasteiger partial charge in [0.1, 0.15) is 5.60 Å². The number of benzene rings is 1. The van der Waals surface area contributed by atoms with Crippen LogP contribution < -0.4 is 0 Å². The van der Waals surface area contributed by atoms with Gasteiger partial charge >= 0.3 is 0 Å². The van der Waals surface area contributed by atoms with E-state index in [9.17, 15) is 4.79 Å². The molecule has 2 rings (SSSR count). The molecule has 2 heteroatoms. The maximum Gasteiger partial charge on any atom is 0.194 e. The van der Waals surface area contributed by atoms with Gasteiger partial charge in [-0.25, -0.2) is 0 Å². The van der Waals surface area contributed by atoms with Gasteiger partial charge in [-0.05, 0) is 38.2 Å². The van der Waals surface area contributed by atoms with Crippen LogP contribution >= 0.6 is 0 Å². The van der Waals surface area contributed by atoms with Gasteiger partial charge in [-0.3, -0.25) is 4.79 Å². The van der Waals surface area contributed by atoms with Gasteiger partial charge in [0.2, 0.25) is 0 Å². The van der Waals surface area contributed by atoms with E-state index in [1.54, 1.807) is 7.11 Å². The molecule has 0 spiro atoms. The summed E-state index contributed by atoms with van der Waals surface area (Å²) in [4.78, 5) is 12.7. The third kappa shape index (κ3) is 2.49. The second-order valence-electron chi connectivity index (χ2n) is 5.60. The van der Waals surface area contributed by atoms with Crippen molar-refractivity contribution in [3.63, 3.8) is 0 Å². The molecule has 1 aliphatic rings. The van der Waals surface area contributed by atoms with Gasteiger partial charge in [0.15, 0.2) is 5.78 Å². The number of carbonyl (C=O) groups excluding carboxylic acids is 1. The van der Waals surface area contributed by atoms with Crippen LogP contribution in [0, 0.1) is 12.8 Å². The third-order valence-electron chi connectivity index (χ3n) is 4.04. The highest BCUT2D eigenvalue weighted by Crippen LogP contribution is 2.37. The lowest BCUT2D eigenvalue weighted by atomic mass is 9.75. The number of Topliss-reactive ketones (excluding diaryl/α,β-unsaturated/α-hetero) is 1. The number of rotatable bonds is 3. The molecule has 1 aromatic rings. The number of aryl methyl sites for hydroxylation is 1. The smallest absolute Gasteiger partial charge is 0.194 e. The molecule has 0 radical (unpaired) electrons. The molecule has 0 amide bonds. The van der Waals surface area contributed by atoms with Crippen LogP contribution in [0.15, 0.2) is 24.3 Å². The molecule has 0 bridgehead atoms. The Balaban J connectivity index is 2.30. The van der Waals surface area contributed by atoms with Gasteiger partial charge in [-0.2, -0.15) is 0 Å². The number of methoxy groups -OCH3 is 1. The fraction of sp³-hybridized carbons (Fsp3) is 0.562. The van der Waals surface area contributed by atoms with Crippen LogP contribution in [-0.4, -0.2) is 18.5 Å². The highest BCUT2D eigenvalue weighted by atomic mass is 16.5. The van der Waals surface area contributed by atoms with E-state index in [1.807, 2.05) is 31.2 Å². The first-order valence-electron chi connectivity index (χ1n) is 6.74. The lowest BCUT2D eigenvalue weighted by molar-refractivity contribution is -0.0302. The van der Waals surface area contributed by atoms with E-state index in [2.05, 4.69) is 6.92 Å². The van der Waals surface area contributed by atoms with E-state index in [-0.39, 0.29) is 5.78 Å². The summed E-state index contributed by atoms with van der Waals surface area (Å²) in [6.07, 6.45) is 3.97. The Labute approximate surface area is 109 Å². The van der Waals surface area contributed by atoms with Crippen molar-refractivity contribution in [1.29, 1.82) is 0 Å². The van der Waals surface area contributed by atoms with E-state index in [0.717, 1.165) is 30.4 Å². The van der Waals surface area contributed by atoms with Crippen LogP contribution in [0.1, 0.15) is 48.5 Å².